The van der Waals surface area contributed by atoms with Crippen LogP contribution in [0.4, 0.5) is 0 Å². The molecule has 4 nitrogen and oxygen atoms in total. The summed E-state index contributed by atoms with van der Waals surface area (Å²) in [5.74, 6) is 2.68. The number of amides is 1. The highest BCUT2D eigenvalue weighted by Gasteiger charge is 2.20. The Labute approximate surface area is 148 Å². The minimum absolute atomic E-state index is 0.000103. The summed E-state index contributed by atoms with van der Waals surface area (Å²) in [4.78, 5) is 13.1. The van der Waals surface area contributed by atoms with Crippen molar-refractivity contribution in [1.29, 1.82) is 0 Å². The van der Waals surface area contributed by atoms with Crippen LogP contribution >= 0.6 is 34.7 Å². The Bertz CT molecular complexity index is 677. The van der Waals surface area contributed by atoms with E-state index >= 15 is 0 Å². The average molecular weight is 370 g/mol. The number of rotatable bonds is 6. The molecule has 122 valence electrons. The van der Waals surface area contributed by atoms with Crippen molar-refractivity contribution in [1.82, 2.24) is 5.32 Å². The van der Waals surface area contributed by atoms with Gasteiger partial charge in [0.1, 0.15) is 12.7 Å². The fourth-order valence-corrected chi connectivity index (χ4v) is 4.17. The normalized spacial score (nSPS) is 16.1. The number of benzene rings is 1. The number of para-hydroxylation sites is 2. The number of thiophene rings is 1. The first kappa shape index (κ1) is 16.5. The minimum Gasteiger partial charge on any atom is -0.486 e. The van der Waals surface area contributed by atoms with Crippen LogP contribution in [0.2, 0.25) is 4.34 Å². The zero-order valence-electron chi connectivity index (χ0n) is 12.3. The van der Waals surface area contributed by atoms with Crippen molar-refractivity contribution in [2.24, 2.45) is 0 Å². The van der Waals surface area contributed by atoms with E-state index in [0.29, 0.717) is 18.9 Å². The van der Waals surface area contributed by atoms with Gasteiger partial charge in [-0.1, -0.05) is 23.7 Å². The van der Waals surface area contributed by atoms with Gasteiger partial charge in [0.05, 0.1) is 16.6 Å². The van der Waals surface area contributed by atoms with Crippen LogP contribution < -0.4 is 14.8 Å². The predicted octanol–water partition coefficient (Wildman–Crippen LogP) is 3.59. The maximum atomic E-state index is 11.9. The molecule has 0 unspecified atom stereocenters. The lowest BCUT2D eigenvalue weighted by molar-refractivity contribution is -0.119. The van der Waals surface area contributed by atoms with Crippen LogP contribution in [-0.2, 0) is 10.5 Å². The Morgan fingerprint density at radius 1 is 1.30 bits per heavy atom. The highest BCUT2D eigenvalue weighted by Crippen LogP contribution is 2.30. The van der Waals surface area contributed by atoms with E-state index in [9.17, 15) is 4.79 Å². The van der Waals surface area contributed by atoms with E-state index in [0.717, 1.165) is 21.6 Å². The van der Waals surface area contributed by atoms with Gasteiger partial charge in [0.2, 0.25) is 5.91 Å². The summed E-state index contributed by atoms with van der Waals surface area (Å²) in [6.07, 6.45) is -0.157. The number of thioether (sulfide) groups is 1. The van der Waals surface area contributed by atoms with E-state index in [1.807, 2.05) is 36.4 Å². The summed E-state index contributed by atoms with van der Waals surface area (Å²) in [7, 11) is 0. The van der Waals surface area contributed by atoms with Crippen LogP contribution in [0.1, 0.15) is 4.88 Å². The summed E-state index contributed by atoms with van der Waals surface area (Å²) in [6, 6.07) is 11.4. The van der Waals surface area contributed by atoms with Gasteiger partial charge in [0.15, 0.2) is 11.5 Å². The molecule has 23 heavy (non-hydrogen) atoms. The smallest absolute Gasteiger partial charge is 0.230 e. The van der Waals surface area contributed by atoms with Crippen molar-refractivity contribution in [3.63, 3.8) is 0 Å². The molecular weight excluding hydrogens is 354 g/mol. The third-order valence-corrected chi connectivity index (χ3v) is 5.60. The minimum atomic E-state index is -0.157. The molecule has 0 aliphatic carbocycles. The predicted molar refractivity (Wildman–Crippen MR) is 94.9 cm³/mol. The van der Waals surface area contributed by atoms with Crippen LogP contribution in [-0.4, -0.2) is 30.9 Å². The van der Waals surface area contributed by atoms with Crippen molar-refractivity contribution in [3.8, 4) is 11.5 Å². The Hall–Kier alpha value is -1.37. The van der Waals surface area contributed by atoms with E-state index < -0.39 is 0 Å². The van der Waals surface area contributed by atoms with Gasteiger partial charge in [0, 0.05) is 10.6 Å². The highest BCUT2D eigenvalue weighted by molar-refractivity contribution is 7.99. The zero-order valence-corrected chi connectivity index (χ0v) is 14.7. The second-order valence-electron chi connectivity index (χ2n) is 5.00. The van der Waals surface area contributed by atoms with Gasteiger partial charge in [0.25, 0.3) is 0 Å². The summed E-state index contributed by atoms with van der Waals surface area (Å²) in [5, 5.41) is 2.89. The zero-order chi connectivity index (χ0) is 16.1. The number of carbonyl (C=O) groups is 1. The van der Waals surface area contributed by atoms with Gasteiger partial charge in [-0.3, -0.25) is 4.79 Å². The first-order chi connectivity index (χ1) is 11.2. The van der Waals surface area contributed by atoms with Gasteiger partial charge >= 0.3 is 0 Å². The van der Waals surface area contributed by atoms with Crippen molar-refractivity contribution in [3.05, 3.63) is 45.6 Å². The van der Waals surface area contributed by atoms with Gasteiger partial charge in [-0.25, -0.2) is 0 Å². The second-order valence-corrected chi connectivity index (χ2v) is 7.79. The largest absolute Gasteiger partial charge is 0.486 e. The molecule has 2 heterocycles. The van der Waals surface area contributed by atoms with Crippen LogP contribution in [0.5, 0.6) is 11.5 Å². The Kier molecular flexibility index (Phi) is 5.70. The maximum Gasteiger partial charge on any atom is 0.230 e. The van der Waals surface area contributed by atoms with Gasteiger partial charge in [-0.05, 0) is 24.3 Å². The van der Waals surface area contributed by atoms with Gasteiger partial charge < -0.3 is 14.8 Å². The molecule has 2 aromatic rings. The maximum absolute atomic E-state index is 11.9. The lowest BCUT2D eigenvalue weighted by Crippen LogP contribution is -2.41. The molecule has 1 atom stereocenters. The number of fused-ring (bicyclic) bond motifs is 1. The molecule has 7 heteroatoms. The van der Waals surface area contributed by atoms with Crippen molar-refractivity contribution in [2.45, 2.75) is 11.9 Å². The molecular formula is C16H16ClNO3S2. The Morgan fingerprint density at radius 2 is 2.13 bits per heavy atom. The summed E-state index contributed by atoms with van der Waals surface area (Å²) >= 11 is 8.99. The van der Waals surface area contributed by atoms with E-state index in [4.69, 9.17) is 21.1 Å². The van der Waals surface area contributed by atoms with Crippen molar-refractivity contribution >= 4 is 40.6 Å². The lowest BCUT2D eigenvalue weighted by Gasteiger charge is -2.26. The lowest BCUT2D eigenvalue weighted by atomic mass is 10.2. The van der Waals surface area contributed by atoms with E-state index in [1.165, 1.54) is 4.88 Å². The molecule has 0 saturated heterocycles. The van der Waals surface area contributed by atoms with Gasteiger partial charge in [-0.15, -0.1) is 23.1 Å². The molecule has 1 N–H and O–H groups in total. The topological polar surface area (TPSA) is 47.6 Å². The molecule has 0 bridgehead atoms. The SMILES string of the molecule is O=C(CSCc1ccc(Cl)s1)NC[C@@H]1COc2ccccc2O1. The van der Waals surface area contributed by atoms with Crippen LogP contribution in [0.15, 0.2) is 36.4 Å². The number of nitrogens with one attached hydrogen (secondary N) is 1. The summed E-state index contributed by atoms with van der Waals surface area (Å²) < 4.78 is 12.2. The molecule has 3 rings (SSSR count). The van der Waals surface area contributed by atoms with Crippen LogP contribution in [0.3, 0.4) is 0 Å². The number of carbonyl (C=O) groups excluding carboxylic acids is 1. The summed E-state index contributed by atoms with van der Waals surface area (Å²) in [6.45, 7) is 0.886. The molecule has 0 saturated carbocycles. The quantitative estimate of drug-likeness (QED) is 0.845. The van der Waals surface area contributed by atoms with Crippen LogP contribution in [0.25, 0.3) is 0 Å². The van der Waals surface area contributed by atoms with Crippen molar-refractivity contribution in [2.75, 3.05) is 18.9 Å². The average Bonchev–Trinajstić information content (AvgIpc) is 2.98. The molecule has 1 aromatic carbocycles. The molecule has 0 fully saturated rings. The fourth-order valence-electron chi connectivity index (χ4n) is 2.12. The fraction of sp³-hybridized carbons (Fsp3) is 0.312. The Balaban J connectivity index is 1.36. The molecule has 1 aliphatic heterocycles. The monoisotopic (exact) mass is 369 g/mol. The van der Waals surface area contributed by atoms with Crippen LogP contribution in [0, 0.1) is 0 Å². The molecule has 0 spiro atoms. The van der Waals surface area contributed by atoms with E-state index in [1.54, 1.807) is 23.1 Å². The first-order valence-electron chi connectivity index (χ1n) is 7.18. The van der Waals surface area contributed by atoms with E-state index in [2.05, 4.69) is 5.32 Å². The first-order valence-corrected chi connectivity index (χ1v) is 9.53. The molecule has 1 amide bonds. The second kappa shape index (κ2) is 7.95. The molecule has 0 radical (unpaired) electrons. The standard InChI is InChI=1S/C16H16ClNO3S2/c17-15-6-5-12(23-15)9-22-10-16(19)18-7-11-8-20-13-3-1-2-4-14(13)21-11/h1-6,11H,7-10H2,(H,18,19)/t11-/m1/s1. The number of halogens is 1. The van der Waals surface area contributed by atoms with Crippen molar-refractivity contribution < 1.29 is 14.3 Å². The molecule has 1 aliphatic rings. The molecule has 1 aromatic heterocycles. The van der Waals surface area contributed by atoms with Gasteiger partial charge in [-0.2, -0.15) is 0 Å². The number of ether oxygens (including phenoxy) is 2. The summed E-state index contributed by atoms with van der Waals surface area (Å²) in [5.41, 5.74) is 0. The third-order valence-electron chi connectivity index (χ3n) is 3.20. The number of hydrogen-bond donors (Lipinski definition) is 1. The Morgan fingerprint density at radius 3 is 2.91 bits per heavy atom. The third kappa shape index (κ3) is 4.80. The van der Waals surface area contributed by atoms with E-state index in [-0.39, 0.29) is 12.0 Å². The highest BCUT2D eigenvalue weighted by atomic mass is 35.5. The number of hydrogen-bond acceptors (Lipinski definition) is 5.